The van der Waals surface area contributed by atoms with Gasteiger partial charge in [0.1, 0.15) is 0 Å². The van der Waals surface area contributed by atoms with Gasteiger partial charge in [0.05, 0.1) is 15.6 Å². The lowest BCUT2D eigenvalue weighted by molar-refractivity contribution is 0.931. The van der Waals surface area contributed by atoms with Gasteiger partial charge in [-0.15, -0.1) is 11.3 Å². The van der Waals surface area contributed by atoms with Crippen LogP contribution in [0.4, 0.5) is 0 Å². The van der Waals surface area contributed by atoms with Crippen molar-refractivity contribution in [3.05, 3.63) is 39.4 Å². The van der Waals surface area contributed by atoms with Crippen LogP contribution in [0.5, 0.6) is 0 Å². The first-order valence-corrected chi connectivity index (χ1v) is 6.74. The maximum Gasteiger partial charge on any atom is 0.0903 e. The number of benzene rings is 1. The summed E-state index contributed by atoms with van der Waals surface area (Å²) in [5.74, 6) is 0. The zero-order valence-electron chi connectivity index (χ0n) is 9.03. The molecule has 0 fully saturated rings. The SMILES string of the molecule is Cc1nc(CCN)c(-c2cccc(Br)c2)s1. The van der Waals surface area contributed by atoms with Gasteiger partial charge >= 0.3 is 0 Å². The van der Waals surface area contributed by atoms with E-state index in [1.807, 2.05) is 19.1 Å². The maximum absolute atomic E-state index is 5.60. The van der Waals surface area contributed by atoms with Gasteiger partial charge in [0.2, 0.25) is 0 Å². The summed E-state index contributed by atoms with van der Waals surface area (Å²) in [4.78, 5) is 5.77. The van der Waals surface area contributed by atoms with Crippen molar-refractivity contribution >= 4 is 27.3 Å². The van der Waals surface area contributed by atoms with E-state index in [-0.39, 0.29) is 0 Å². The predicted molar refractivity (Wildman–Crippen MR) is 72.7 cm³/mol. The molecule has 2 nitrogen and oxygen atoms in total. The first kappa shape index (κ1) is 11.8. The third-order valence-electron chi connectivity index (χ3n) is 2.27. The number of nitrogens with two attached hydrogens (primary N) is 1. The van der Waals surface area contributed by atoms with Crippen LogP contribution in [-0.4, -0.2) is 11.5 Å². The van der Waals surface area contributed by atoms with Crippen molar-refractivity contribution in [2.75, 3.05) is 6.54 Å². The summed E-state index contributed by atoms with van der Waals surface area (Å²) in [5.41, 5.74) is 7.93. The Morgan fingerprint density at radius 2 is 2.25 bits per heavy atom. The van der Waals surface area contributed by atoms with E-state index < -0.39 is 0 Å². The van der Waals surface area contributed by atoms with Crippen molar-refractivity contribution in [1.29, 1.82) is 0 Å². The number of halogens is 1. The lowest BCUT2D eigenvalue weighted by Crippen LogP contribution is -2.03. The van der Waals surface area contributed by atoms with Crippen molar-refractivity contribution < 1.29 is 0 Å². The highest BCUT2D eigenvalue weighted by molar-refractivity contribution is 9.10. The second-order valence-corrected chi connectivity index (χ2v) is 5.68. The molecule has 1 aromatic carbocycles. The lowest BCUT2D eigenvalue weighted by atomic mass is 10.1. The second kappa shape index (κ2) is 5.08. The average Bonchev–Trinajstić information content (AvgIpc) is 2.60. The Labute approximate surface area is 108 Å². The van der Waals surface area contributed by atoms with Gasteiger partial charge in [0.15, 0.2) is 0 Å². The Kier molecular flexibility index (Phi) is 3.74. The van der Waals surface area contributed by atoms with Crippen molar-refractivity contribution in [2.24, 2.45) is 5.73 Å². The fraction of sp³-hybridized carbons (Fsp3) is 0.250. The van der Waals surface area contributed by atoms with E-state index in [0.29, 0.717) is 6.54 Å². The number of rotatable bonds is 3. The fourth-order valence-electron chi connectivity index (χ4n) is 1.63. The van der Waals surface area contributed by atoms with Gasteiger partial charge in [-0.3, -0.25) is 0 Å². The molecule has 16 heavy (non-hydrogen) atoms. The summed E-state index contributed by atoms with van der Waals surface area (Å²) in [6.45, 7) is 2.68. The molecule has 1 heterocycles. The topological polar surface area (TPSA) is 38.9 Å². The highest BCUT2D eigenvalue weighted by Crippen LogP contribution is 2.31. The molecule has 2 aromatic rings. The molecule has 0 aliphatic carbocycles. The molecule has 0 radical (unpaired) electrons. The van der Waals surface area contributed by atoms with E-state index in [2.05, 4.69) is 33.0 Å². The van der Waals surface area contributed by atoms with Gasteiger partial charge in [-0.05, 0) is 31.2 Å². The van der Waals surface area contributed by atoms with Crippen LogP contribution in [0.2, 0.25) is 0 Å². The second-order valence-electron chi connectivity index (χ2n) is 3.56. The standard InChI is InChI=1S/C12H13BrN2S/c1-8-15-11(5-6-14)12(16-8)9-3-2-4-10(13)7-9/h2-4,7H,5-6,14H2,1H3. The largest absolute Gasteiger partial charge is 0.330 e. The summed E-state index contributed by atoms with van der Waals surface area (Å²) in [6.07, 6.45) is 0.839. The van der Waals surface area contributed by atoms with E-state index in [1.54, 1.807) is 11.3 Å². The Morgan fingerprint density at radius 3 is 2.94 bits per heavy atom. The number of hydrogen-bond acceptors (Lipinski definition) is 3. The van der Waals surface area contributed by atoms with Crippen molar-refractivity contribution in [3.8, 4) is 10.4 Å². The minimum absolute atomic E-state index is 0.643. The molecule has 4 heteroatoms. The summed E-state index contributed by atoms with van der Waals surface area (Å²) >= 11 is 5.22. The maximum atomic E-state index is 5.60. The molecule has 0 amide bonds. The lowest BCUT2D eigenvalue weighted by Gasteiger charge is -2.01. The third kappa shape index (κ3) is 2.51. The van der Waals surface area contributed by atoms with Crippen LogP contribution in [0, 0.1) is 6.92 Å². The molecular weight excluding hydrogens is 284 g/mol. The van der Waals surface area contributed by atoms with E-state index in [4.69, 9.17) is 5.73 Å². The van der Waals surface area contributed by atoms with E-state index in [9.17, 15) is 0 Å². The van der Waals surface area contributed by atoms with Crippen LogP contribution in [0.25, 0.3) is 10.4 Å². The highest BCUT2D eigenvalue weighted by Gasteiger charge is 2.10. The molecule has 0 saturated carbocycles. The minimum atomic E-state index is 0.643. The predicted octanol–water partition coefficient (Wildman–Crippen LogP) is 3.38. The summed E-state index contributed by atoms with van der Waals surface area (Å²) in [7, 11) is 0. The zero-order chi connectivity index (χ0) is 11.5. The molecule has 0 saturated heterocycles. The molecule has 0 bridgehead atoms. The molecule has 0 atom stereocenters. The molecule has 1 aromatic heterocycles. The van der Waals surface area contributed by atoms with Crippen LogP contribution >= 0.6 is 27.3 Å². The Bertz CT molecular complexity index is 494. The van der Waals surface area contributed by atoms with E-state index in [1.165, 1.54) is 10.4 Å². The van der Waals surface area contributed by atoms with E-state index in [0.717, 1.165) is 21.6 Å². The molecule has 2 N–H and O–H groups in total. The summed E-state index contributed by atoms with van der Waals surface area (Å²) in [6, 6.07) is 8.30. The smallest absolute Gasteiger partial charge is 0.0903 e. The average molecular weight is 297 g/mol. The van der Waals surface area contributed by atoms with Gasteiger partial charge < -0.3 is 5.73 Å². The molecular formula is C12H13BrN2S. The molecule has 84 valence electrons. The third-order valence-corrected chi connectivity index (χ3v) is 3.83. The van der Waals surface area contributed by atoms with Crippen molar-refractivity contribution in [1.82, 2.24) is 4.98 Å². The van der Waals surface area contributed by atoms with Crippen LogP contribution in [0.3, 0.4) is 0 Å². The normalized spacial score (nSPS) is 10.7. The van der Waals surface area contributed by atoms with Crippen LogP contribution < -0.4 is 5.73 Å². The molecule has 0 unspecified atom stereocenters. The van der Waals surface area contributed by atoms with Crippen molar-refractivity contribution in [3.63, 3.8) is 0 Å². The summed E-state index contributed by atoms with van der Waals surface area (Å²) in [5, 5.41) is 1.10. The Balaban J connectivity index is 2.46. The first-order valence-electron chi connectivity index (χ1n) is 5.13. The molecule has 0 spiro atoms. The number of hydrogen-bond donors (Lipinski definition) is 1. The van der Waals surface area contributed by atoms with Gasteiger partial charge in [-0.2, -0.15) is 0 Å². The van der Waals surface area contributed by atoms with Gasteiger partial charge in [0, 0.05) is 10.9 Å². The monoisotopic (exact) mass is 296 g/mol. The van der Waals surface area contributed by atoms with Gasteiger partial charge in [-0.25, -0.2) is 4.98 Å². The minimum Gasteiger partial charge on any atom is -0.330 e. The Hall–Kier alpha value is -0.710. The highest BCUT2D eigenvalue weighted by atomic mass is 79.9. The Morgan fingerprint density at radius 1 is 1.44 bits per heavy atom. The van der Waals surface area contributed by atoms with E-state index >= 15 is 0 Å². The zero-order valence-corrected chi connectivity index (χ0v) is 11.4. The fourth-order valence-corrected chi connectivity index (χ4v) is 2.99. The van der Waals surface area contributed by atoms with Gasteiger partial charge in [-0.1, -0.05) is 28.1 Å². The van der Waals surface area contributed by atoms with Crippen LogP contribution in [-0.2, 0) is 6.42 Å². The summed E-state index contributed by atoms with van der Waals surface area (Å²) < 4.78 is 1.09. The van der Waals surface area contributed by atoms with Crippen molar-refractivity contribution in [2.45, 2.75) is 13.3 Å². The first-order chi connectivity index (χ1) is 7.70. The number of aryl methyl sites for hydroxylation is 1. The van der Waals surface area contributed by atoms with Gasteiger partial charge in [0.25, 0.3) is 0 Å². The molecule has 0 aliphatic heterocycles. The molecule has 2 rings (SSSR count). The van der Waals surface area contributed by atoms with Crippen LogP contribution in [0.1, 0.15) is 10.7 Å². The quantitative estimate of drug-likeness (QED) is 0.943. The number of thiazole rings is 1. The molecule has 0 aliphatic rings. The van der Waals surface area contributed by atoms with Crippen LogP contribution in [0.15, 0.2) is 28.7 Å². The number of nitrogens with zero attached hydrogens (tertiary/aromatic N) is 1. The number of aromatic nitrogens is 1.